The van der Waals surface area contributed by atoms with Crippen molar-refractivity contribution < 1.29 is 13.3 Å². The average molecular weight is 286 g/mol. The summed E-state index contributed by atoms with van der Waals surface area (Å²) in [6.07, 6.45) is 2.69. The smallest absolute Gasteiger partial charge is 0.258 e. The van der Waals surface area contributed by atoms with Crippen molar-refractivity contribution in [2.24, 2.45) is 0 Å². The van der Waals surface area contributed by atoms with Gasteiger partial charge in [0.15, 0.2) is 0 Å². The van der Waals surface area contributed by atoms with Gasteiger partial charge in [0.2, 0.25) is 10.0 Å². The van der Waals surface area contributed by atoms with Crippen LogP contribution < -0.4 is 4.72 Å². The molecule has 106 valence electrons. The van der Waals surface area contributed by atoms with E-state index in [0.29, 0.717) is 6.54 Å². The van der Waals surface area contributed by atoms with Crippen LogP contribution in [-0.2, 0) is 10.0 Å². The Morgan fingerprint density at radius 3 is 2.58 bits per heavy atom. The summed E-state index contributed by atoms with van der Waals surface area (Å²) in [5, 5.41) is 10.8. The summed E-state index contributed by atoms with van der Waals surface area (Å²) in [6.45, 7) is 3.82. The minimum Gasteiger partial charge on any atom is -0.258 e. The van der Waals surface area contributed by atoms with E-state index in [1.165, 1.54) is 25.1 Å². The molecule has 1 aromatic carbocycles. The Bertz CT molecular complexity index is 555. The number of hydrogen-bond acceptors (Lipinski definition) is 4. The second-order valence-corrected chi connectivity index (χ2v) is 6.00. The van der Waals surface area contributed by atoms with Gasteiger partial charge in [0.1, 0.15) is 0 Å². The Morgan fingerprint density at radius 2 is 2.00 bits per heavy atom. The first-order valence-electron chi connectivity index (χ1n) is 6.14. The predicted molar refractivity (Wildman–Crippen MR) is 72.5 cm³/mol. The highest BCUT2D eigenvalue weighted by Gasteiger charge is 2.22. The highest BCUT2D eigenvalue weighted by molar-refractivity contribution is 7.89. The molecule has 1 rings (SSSR count). The molecular formula is C12H18N2O4S. The van der Waals surface area contributed by atoms with Gasteiger partial charge < -0.3 is 0 Å². The van der Waals surface area contributed by atoms with Crippen LogP contribution in [0.5, 0.6) is 0 Å². The molecule has 0 atom stereocenters. The van der Waals surface area contributed by atoms with Gasteiger partial charge in [-0.2, -0.15) is 0 Å². The molecule has 0 saturated heterocycles. The van der Waals surface area contributed by atoms with Crippen molar-refractivity contribution in [2.75, 3.05) is 6.54 Å². The van der Waals surface area contributed by atoms with Crippen molar-refractivity contribution in [3.05, 3.63) is 33.9 Å². The van der Waals surface area contributed by atoms with Crippen LogP contribution in [0.2, 0.25) is 0 Å². The minimum atomic E-state index is -3.68. The van der Waals surface area contributed by atoms with Crippen LogP contribution in [0, 0.1) is 17.0 Å². The lowest BCUT2D eigenvalue weighted by Crippen LogP contribution is -2.25. The summed E-state index contributed by atoms with van der Waals surface area (Å²) >= 11 is 0. The van der Waals surface area contributed by atoms with E-state index in [-0.39, 0.29) is 16.1 Å². The molecule has 6 nitrogen and oxygen atoms in total. The second kappa shape index (κ2) is 6.63. The fourth-order valence-corrected chi connectivity index (χ4v) is 3.09. The molecule has 19 heavy (non-hydrogen) atoms. The zero-order valence-corrected chi connectivity index (χ0v) is 11.9. The lowest BCUT2D eigenvalue weighted by Gasteiger charge is -2.09. The van der Waals surface area contributed by atoms with Crippen LogP contribution in [0.3, 0.4) is 0 Å². The Balaban J connectivity index is 2.96. The molecule has 7 heteroatoms. The van der Waals surface area contributed by atoms with E-state index >= 15 is 0 Å². The van der Waals surface area contributed by atoms with Crippen molar-refractivity contribution >= 4 is 15.7 Å². The maximum Gasteiger partial charge on any atom is 0.273 e. The molecule has 0 amide bonds. The first kappa shape index (κ1) is 15.6. The van der Waals surface area contributed by atoms with E-state index in [4.69, 9.17) is 0 Å². The predicted octanol–water partition coefficient (Wildman–Crippen LogP) is 2.37. The summed E-state index contributed by atoms with van der Waals surface area (Å²) in [5.74, 6) is 0. The molecule has 0 radical (unpaired) electrons. The monoisotopic (exact) mass is 286 g/mol. The third kappa shape index (κ3) is 4.00. The maximum atomic E-state index is 12.1. The van der Waals surface area contributed by atoms with E-state index in [1.54, 1.807) is 0 Å². The van der Waals surface area contributed by atoms with Crippen LogP contribution in [0.1, 0.15) is 31.7 Å². The SMILES string of the molecule is CCCCCNS(=O)(=O)c1cccc([N+](=O)[O-])c1C. The molecule has 0 saturated carbocycles. The maximum absolute atomic E-state index is 12.1. The van der Waals surface area contributed by atoms with Crippen LogP contribution in [-0.4, -0.2) is 19.9 Å². The topological polar surface area (TPSA) is 89.3 Å². The summed E-state index contributed by atoms with van der Waals surface area (Å²) in [6, 6.07) is 4.06. The van der Waals surface area contributed by atoms with Crippen molar-refractivity contribution in [3.8, 4) is 0 Å². The van der Waals surface area contributed by atoms with Gasteiger partial charge in [-0.3, -0.25) is 10.1 Å². The normalized spacial score (nSPS) is 11.5. The molecule has 0 fully saturated rings. The van der Waals surface area contributed by atoms with Gasteiger partial charge >= 0.3 is 0 Å². The van der Waals surface area contributed by atoms with E-state index < -0.39 is 14.9 Å². The highest BCUT2D eigenvalue weighted by atomic mass is 32.2. The standard InChI is InChI=1S/C12H18N2O4S/c1-3-4-5-9-13-19(17,18)12-8-6-7-11(10(12)2)14(15)16/h6-8,13H,3-5,9H2,1-2H3. The lowest BCUT2D eigenvalue weighted by molar-refractivity contribution is -0.385. The highest BCUT2D eigenvalue weighted by Crippen LogP contribution is 2.24. The Morgan fingerprint density at radius 1 is 1.32 bits per heavy atom. The Hall–Kier alpha value is -1.47. The van der Waals surface area contributed by atoms with E-state index in [1.807, 2.05) is 6.92 Å². The summed E-state index contributed by atoms with van der Waals surface area (Å²) in [5.41, 5.74) is -0.0214. The molecule has 0 heterocycles. The number of unbranched alkanes of at least 4 members (excludes halogenated alkanes) is 2. The molecule has 0 aliphatic rings. The van der Waals surface area contributed by atoms with E-state index in [0.717, 1.165) is 19.3 Å². The van der Waals surface area contributed by atoms with Gasteiger partial charge in [-0.25, -0.2) is 13.1 Å². The quantitative estimate of drug-likeness (QED) is 0.473. The van der Waals surface area contributed by atoms with E-state index in [2.05, 4.69) is 4.72 Å². The minimum absolute atomic E-state index is 0.0294. The Kier molecular flexibility index (Phi) is 5.44. The van der Waals surface area contributed by atoms with Crippen molar-refractivity contribution in [1.82, 2.24) is 4.72 Å². The van der Waals surface area contributed by atoms with Gasteiger partial charge in [0, 0.05) is 18.2 Å². The van der Waals surface area contributed by atoms with Crippen LogP contribution in [0.15, 0.2) is 23.1 Å². The van der Waals surface area contributed by atoms with Crippen LogP contribution >= 0.6 is 0 Å². The summed E-state index contributed by atoms with van der Waals surface area (Å²) in [4.78, 5) is 10.2. The molecule has 0 spiro atoms. The molecule has 0 aromatic heterocycles. The van der Waals surface area contributed by atoms with Gasteiger partial charge in [-0.05, 0) is 19.4 Å². The molecular weight excluding hydrogens is 268 g/mol. The zero-order valence-electron chi connectivity index (χ0n) is 11.0. The fourth-order valence-electron chi connectivity index (χ4n) is 1.75. The van der Waals surface area contributed by atoms with Gasteiger partial charge in [-0.15, -0.1) is 0 Å². The molecule has 0 aliphatic heterocycles. The number of hydrogen-bond donors (Lipinski definition) is 1. The second-order valence-electron chi connectivity index (χ2n) is 4.26. The largest absolute Gasteiger partial charge is 0.273 e. The van der Waals surface area contributed by atoms with Crippen molar-refractivity contribution in [3.63, 3.8) is 0 Å². The van der Waals surface area contributed by atoms with Crippen LogP contribution in [0.25, 0.3) is 0 Å². The Labute approximate surface area is 113 Å². The average Bonchev–Trinajstić information content (AvgIpc) is 2.34. The lowest BCUT2D eigenvalue weighted by atomic mass is 10.2. The fraction of sp³-hybridized carbons (Fsp3) is 0.500. The first-order valence-corrected chi connectivity index (χ1v) is 7.62. The summed E-state index contributed by atoms with van der Waals surface area (Å²) < 4.78 is 26.6. The number of nitro groups is 1. The molecule has 0 aliphatic carbocycles. The van der Waals surface area contributed by atoms with Gasteiger partial charge in [-0.1, -0.05) is 25.8 Å². The number of nitro benzene ring substituents is 1. The summed E-state index contributed by atoms with van der Waals surface area (Å²) in [7, 11) is -3.68. The van der Waals surface area contributed by atoms with Gasteiger partial charge in [0.05, 0.1) is 9.82 Å². The third-order valence-corrected chi connectivity index (χ3v) is 4.42. The van der Waals surface area contributed by atoms with E-state index in [9.17, 15) is 18.5 Å². The molecule has 0 bridgehead atoms. The number of nitrogens with zero attached hydrogens (tertiary/aromatic N) is 1. The number of rotatable bonds is 7. The third-order valence-electron chi connectivity index (χ3n) is 2.81. The molecule has 1 aromatic rings. The number of nitrogens with one attached hydrogen (secondary N) is 1. The van der Waals surface area contributed by atoms with Crippen molar-refractivity contribution in [2.45, 2.75) is 38.0 Å². The number of sulfonamides is 1. The number of benzene rings is 1. The van der Waals surface area contributed by atoms with Gasteiger partial charge in [0.25, 0.3) is 5.69 Å². The first-order chi connectivity index (χ1) is 8.90. The molecule has 0 unspecified atom stereocenters. The van der Waals surface area contributed by atoms with Crippen molar-refractivity contribution in [1.29, 1.82) is 0 Å². The zero-order chi connectivity index (χ0) is 14.5. The van der Waals surface area contributed by atoms with Crippen LogP contribution in [0.4, 0.5) is 5.69 Å². The molecule has 1 N–H and O–H groups in total.